The molecule has 2 aromatic rings. The molecule has 1 saturated carbocycles. The van der Waals surface area contributed by atoms with Gasteiger partial charge in [-0.15, -0.1) is 0 Å². The molecular formula is C22H26Cl2N2O3S2. The standard InChI is InChI=1S/C22H26Cl2N2O3S2/c1-31(28,29)26(20-13-18(23)12-19(24)14-20)15-16-6-8-17(9-7-16)22(27)25-10-11-30-21-4-2-3-5-21/h6-9,12-14,21H,2-5,10-11,15H2,1H3,(H,25,27). The Morgan fingerprint density at radius 1 is 1.10 bits per heavy atom. The maximum atomic E-state index is 12.4. The average Bonchev–Trinajstić information content (AvgIpc) is 3.21. The Hall–Kier alpha value is -1.41. The van der Waals surface area contributed by atoms with E-state index in [1.165, 1.54) is 30.0 Å². The second kappa shape index (κ2) is 10.9. The molecule has 0 spiro atoms. The Balaban J connectivity index is 1.60. The SMILES string of the molecule is CS(=O)(=O)N(Cc1ccc(C(=O)NCCSC2CCCC2)cc1)c1cc(Cl)cc(Cl)c1. The summed E-state index contributed by atoms with van der Waals surface area (Å²) in [6.07, 6.45) is 6.33. The Morgan fingerprint density at radius 3 is 2.29 bits per heavy atom. The summed E-state index contributed by atoms with van der Waals surface area (Å²) in [7, 11) is -3.56. The van der Waals surface area contributed by atoms with Gasteiger partial charge in [0.05, 0.1) is 18.5 Å². The van der Waals surface area contributed by atoms with E-state index in [9.17, 15) is 13.2 Å². The number of rotatable bonds is 9. The molecule has 0 heterocycles. The van der Waals surface area contributed by atoms with Crippen molar-refractivity contribution >= 4 is 56.6 Å². The third-order valence-corrected chi connectivity index (χ3v) is 8.08. The van der Waals surface area contributed by atoms with Crippen LogP contribution in [0.2, 0.25) is 10.0 Å². The molecular weight excluding hydrogens is 475 g/mol. The molecule has 0 radical (unpaired) electrons. The number of benzene rings is 2. The van der Waals surface area contributed by atoms with Gasteiger partial charge in [-0.05, 0) is 48.7 Å². The summed E-state index contributed by atoms with van der Waals surface area (Å²) in [4.78, 5) is 12.4. The molecule has 1 aliphatic carbocycles. The summed E-state index contributed by atoms with van der Waals surface area (Å²) in [5.74, 6) is 0.792. The summed E-state index contributed by atoms with van der Waals surface area (Å²) in [6.45, 7) is 0.745. The molecule has 1 fully saturated rings. The van der Waals surface area contributed by atoms with Crippen molar-refractivity contribution in [1.82, 2.24) is 5.32 Å². The summed E-state index contributed by atoms with van der Waals surface area (Å²) < 4.78 is 25.9. The van der Waals surface area contributed by atoms with Gasteiger partial charge in [-0.2, -0.15) is 11.8 Å². The van der Waals surface area contributed by atoms with E-state index in [0.29, 0.717) is 27.8 Å². The molecule has 0 atom stereocenters. The molecule has 0 aromatic heterocycles. The fourth-order valence-corrected chi connectivity index (χ4v) is 6.16. The molecule has 168 valence electrons. The number of hydrogen-bond acceptors (Lipinski definition) is 4. The maximum Gasteiger partial charge on any atom is 0.251 e. The van der Waals surface area contributed by atoms with Crippen molar-refractivity contribution < 1.29 is 13.2 Å². The predicted octanol–water partition coefficient (Wildman–Crippen LogP) is 5.37. The fourth-order valence-electron chi connectivity index (χ4n) is 3.56. The van der Waals surface area contributed by atoms with Crippen LogP contribution in [0.1, 0.15) is 41.6 Å². The minimum Gasteiger partial charge on any atom is -0.351 e. The summed E-state index contributed by atoms with van der Waals surface area (Å²) in [6, 6.07) is 11.6. The molecule has 31 heavy (non-hydrogen) atoms. The van der Waals surface area contributed by atoms with Crippen molar-refractivity contribution in [2.75, 3.05) is 22.9 Å². The van der Waals surface area contributed by atoms with Gasteiger partial charge in [-0.1, -0.05) is 48.2 Å². The van der Waals surface area contributed by atoms with Crippen LogP contribution < -0.4 is 9.62 Å². The highest BCUT2D eigenvalue weighted by atomic mass is 35.5. The van der Waals surface area contributed by atoms with Crippen LogP contribution in [0.15, 0.2) is 42.5 Å². The van der Waals surface area contributed by atoms with Crippen molar-refractivity contribution in [2.45, 2.75) is 37.5 Å². The van der Waals surface area contributed by atoms with Crippen molar-refractivity contribution in [2.24, 2.45) is 0 Å². The molecule has 0 unspecified atom stereocenters. The van der Waals surface area contributed by atoms with Crippen LogP contribution >= 0.6 is 35.0 Å². The minimum atomic E-state index is -3.56. The van der Waals surface area contributed by atoms with E-state index in [1.807, 2.05) is 11.8 Å². The number of thioether (sulfide) groups is 1. The van der Waals surface area contributed by atoms with Gasteiger partial charge in [-0.3, -0.25) is 9.10 Å². The maximum absolute atomic E-state index is 12.4. The van der Waals surface area contributed by atoms with E-state index in [-0.39, 0.29) is 12.5 Å². The molecule has 3 rings (SSSR count). The van der Waals surface area contributed by atoms with E-state index >= 15 is 0 Å². The van der Waals surface area contributed by atoms with E-state index in [0.717, 1.165) is 22.8 Å². The van der Waals surface area contributed by atoms with Crippen LogP contribution in [0.4, 0.5) is 5.69 Å². The zero-order valence-electron chi connectivity index (χ0n) is 17.3. The largest absolute Gasteiger partial charge is 0.351 e. The summed E-state index contributed by atoms with van der Waals surface area (Å²) >= 11 is 14.0. The van der Waals surface area contributed by atoms with Gasteiger partial charge in [0.2, 0.25) is 10.0 Å². The number of nitrogens with one attached hydrogen (secondary N) is 1. The third kappa shape index (κ3) is 7.31. The van der Waals surface area contributed by atoms with E-state index in [4.69, 9.17) is 23.2 Å². The van der Waals surface area contributed by atoms with Gasteiger partial charge in [0.25, 0.3) is 5.91 Å². The number of halogens is 2. The first-order valence-corrected chi connectivity index (χ1v) is 13.8. The zero-order valence-corrected chi connectivity index (χ0v) is 20.5. The van der Waals surface area contributed by atoms with Gasteiger partial charge in [-0.25, -0.2) is 8.42 Å². The molecule has 1 aliphatic rings. The predicted molar refractivity (Wildman–Crippen MR) is 131 cm³/mol. The van der Waals surface area contributed by atoms with Crippen LogP contribution in [0.5, 0.6) is 0 Å². The second-order valence-electron chi connectivity index (χ2n) is 7.63. The first-order chi connectivity index (χ1) is 14.7. The number of carbonyl (C=O) groups is 1. The lowest BCUT2D eigenvalue weighted by Gasteiger charge is -2.23. The van der Waals surface area contributed by atoms with Crippen molar-refractivity contribution in [3.63, 3.8) is 0 Å². The number of anilines is 1. The fraction of sp³-hybridized carbons (Fsp3) is 0.409. The highest BCUT2D eigenvalue weighted by Crippen LogP contribution is 2.29. The molecule has 9 heteroatoms. The number of carbonyl (C=O) groups excluding carboxylic acids is 1. The number of nitrogens with zero attached hydrogens (tertiary/aromatic N) is 1. The Morgan fingerprint density at radius 2 is 1.71 bits per heavy atom. The Labute approximate surface area is 198 Å². The smallest absolute Gasteiger partial charge is 0.251 e. The van der Waals surface area contributed by atoms with E-state index < -0.39 is 10.0 Å². The van der Waals surface area contributed by atoms with Gasteiger partial charge in [0.15, 0.2) is 0 Å². The Bertz CT molecular complexity index is 988. The first-order valence-electron chi connectivity index (χ1n) is 10.1. The molecule has 5 nitrogen and oxygen atoms in total. The van der Waals surface area contributed by atoms with Gasteiger partial charge < -0.3 is 5.32 Å². The van der Waals surface area contributed by atoms with E-state index in [2.05, 4.69) is 5.32 Å². The van der Waals surface area contributed by atoms with Crippen LogP contribution in [-0.2, 0) is 16.6 Å². The topological polar surface area (TPSA) is 66.5 Å². The average molecular weight is 502 g/mol. The normalized spacial score (nSPS) is 14.5. The quantitative estimate of drug-likeness (QED) is 0.470. The lowest BCUT2D eigenvalue weighted by atomic mass is 10.1. The van der Waals surface area contributed by atoms with Crippen LogP contribution in [-0.4, -0.2) is 38.1 Å². The van der Waals surface area contributed by atoms with Crippen LogP contribution in [0.25, 0.3) is 0 Å². The molecule has 0 aliphatic heterocycles. The third-order valence-electron chi connectivity index (χ3n) is 5.12. The zero-order chi connectivity index (χ0) is 22.4. The van der Waals surface area contributed by atoms with Crippen LogP contribution in [0, 0.1) is 0 Å². The van der Waals surface area contributed by atoms with Gasteiger partial charge >= 0.3 is 0 Å². The molecule has 0 bridgehead atoms. The first kappa shape index (κ1) is 24.2. The number of amides is 1. The lowest BCUT2D eigenvalue weighted by Crippen LogP contribution is -2.29. The number of hydrogen-bond donors (Lipinski definition) is 1. The monoisotopic (exact) mass is 500 g/mol. The van der Waals surface area contributed by atoms with E-state index in [1.54, 1.807) is 42.5 Å². The molecule has 1 amide bonds. The van der Waals surface area contributed by atoms with Gasteiger partial charge in [0.1, 0.15) is 0 Å². The number of sulfonamides is 1. The second-order valence-corrected chi connectivity index (χ2v) is 11.8. The van der Waals surface area contributed by atoms with Crippen molar-refractivity contribution in [1.29, 1.82) is 0 Å². The highest BCUT2D eigenvalue weighted by molar-refractivity contribution is 7.99. The van der Waals surface area contributed by atoms with Crippen molar-refractivity contribution in [3.8, 4) is 0 Å². The van der Waals surface area contributed by atoms with Gasteiger partial charge in [0, 0.05) is 33.2 Å². The minimum absolute atomic E-state index is 0.107. The van der Waals surface area contributed by atoms with Crippen molar-refractivity contribution in [3.05, 3.63) is 63.6 Å². The highest BCUT2D eigenvalue weighted by Gasteiger charge is 2.19. The molecule has 2 aromatic carbocycles. The van der Waals surface area contributed by atoms with Crippen LogP contribution in [0.3, 0.4) is 0 Å². The molecule has 1 N–H and O–H groups in total. The summed E-state index contributed by atoms with van der Waals surface area (Å²) in [5.41, 5.74) is 1.68. The summed E-state index contributed by atoms with van der Waals surface area (Å²) in [5, 5.41) is 4.40. The molecule has 0 saturated heterocycles. The Kier molecular flexibility index (Phi) is 8.56. The lowest BCUT2D eigenvalue weighted by molar-refractivity contribution is 0.0956.